The lowest BCUT2D eigenvalue weighted by Crippen LogP contribution is -2.16. The third-order valence-corrected chi connectivity index (χ3v) is 3.74. The number of imidazole rings is 1. The minimum atomic E-state index is -0.283. The molecular formula is C17H16N6O2. The fourth-order valence-electron chi connectivity index (χ4n) is 2.55. The van der Waals surface area contributed by atoms with Gasteiger partial charge in [0.25, 0.3) is 5.56 Å². The van der Waals surface area contributed by atoms with Crippen molar-refractivity contribution in [2.75, 3.05) is 0 Å². The molecule has 0 fully saturated rings. The maximum absolute atomic E-state index is 12.4. The highest BCUT2D eigenvalue weighted by Gasteiger charge is 2.12. The van der Waals surface area contributed by atoms with Gasteiger partial charge in [-0.15, -0.1) is 0 Å². The lowest BCUT2D eigenvalue weighted by Gasteiger charge is -2.06. The van der Waals surface area contributed by atoms with Gasteiger partial charge >= 0.3 is 0 Å². The Hall–Kier alpha value is -3.26. The van der Waals surface area contributed by atoms with Crippen LogP contribution in [0.2, 0.25) is 0 Å². The molecule has 0 saturated carbocycles. The van der Waals surface area contributed by atoms with E-state index in [4.69, 9.17) is 4.74 Å². The van der Waals surface area contributed by atoms with Crippen LogP contribution in [0.3, 0.4) is 0 Å². The van der Waals surface area contributed by atoms with Crippen molar-refractivity contribution < 1.29 is 4.74 Å². The molecular weight excluding hydrogens is 320 g/mol. The summed E-state index contributed by atoms with van der Waals surface area (Å²) in [6.45, 7) is 2.59. The van der Waals surface area contributed by atoms with E-state index in [0.29, 0.717) is 23.7 Å². The molecule has 25 heavy (non-hydrogen) atoms. The van der Waals surface area contributed by atoms with Gasteiger partial charge in [-0.05, 0) is 18.1 Å². The van der Waals surface area contributed by atoms with Crippen molar-refractivity contribution in [2.24, 2.45) is 0 Å². The van der Waals surface area contributed by atoms with Gasteiger partial charge in [0.15, 0.2) is 11.2 Å². The number of nitrogens with one attached hydrogen (secondary N) is 1. The van der Waals surface area contributed by atoms with E-state index in [2.05, 4.69) is 20.1 Å². The molecule has 0 aliphatic carbocycles. The van der Waals surface area contributed by atoms with Crippen LogP contribution in [0.15, 0.2) is 53.8 Å². The molecule has 4 rings (SSSR count). The monoisotopic (exact) mass is 336 g/mol. The van der Waals surface area contributed by atoms with Gasteiger partial charge in [-0.25, -0.2) is 9.67 Å². The fourth-order valence-corrected chi connectivity index (χ4v) is 2.55. The highest BCUT2D eigenvalue weighted by Crippen LogP contribution is 2.09. The summed E-state index contributed by atoms with van der Waals surface area (Å²) >= 11 is 0. The Balaban J connectivity index is 1.58. The number of ether oxygens (including phenoxy) is 1. The molecule has 1 N–H and O–H groups in total. The zero-order chi connectivity index (χ0) is 17.2. The van der Waals surface area contributed by atoms with Crippen LogP contribution in [-0.4, -0.2) is 29.3 Å². The third kappa shape index (κ3) is 3.07. The van der Waals surface area contributed by atoms with Crippen LogP contribution in [0.1, 0.15) is 11.1 Å². The molecule has 0 saturated heterocycles. The average molecular weight is 336 g/mol. The zero-order valence-corrected chi connectivity index (χ0v) is 13.6. The molecule has 1 aromatic carbocycles. The van der Waals surface area contributed by atoms with E-state index < -0.39 is 0 Å². The number of aryl methyl sites for hydroxylation is 1. The first-order chi connectivity index (χ1) is 12.2. The minimum Gasteiger partial charge on any atom is -0.356 e. The Morgan fingerprint density at radius 1 is 1.24 bits per heavy atom. The molecule has 0 unspecified atom stereocenters. The second-order valence-electron chi connectivity index (χ2n) is 5.70. The van der Waals surface area contributed by atoms with E-state index in [-0.39, 0.29) is 12.3 Å². The summed E-state index contributed by atoms with van der Waals surface area (Å²) in [5, 5.41) is 4.15. The van der Waals surface area contributed by atoms with Gasteiger partial charge in [-0.2, -0.15) is 10.1 Å². The summed E-state index contributed by atoms with van der Waals surface area (Å²) in [7, 11) is 0. The van der Waals surface area contributed by atoms with Crippen molar-refractivity contribution in [3.63, 3.8) is 0 Å². The van der Waals surface area contributed by atoms with Gasteiger partial charge in [0.05, 0.1) is 19.1 Å². The topological polar surface area (TPSA) is 90.6 Å². The number of fused-ring (bicyclic) bond motifs is 1. The molecule has 0 bridgehead atoms. The predicted molar refractivity (Wildman–Crippen MR) is 91.2 cm³/mol. The third-order valence-electron chi connectivity index (χ3n) is 3.74. The molecule has 8 nitrogen and oxygen atoms in total. The van der Waals surface area contributed by atoms with Crippen molar-refractivity contribution >= 4 is 11.2 Å². The number of hydrogen-bond donors (Lipinski definition) is 1. The molecule has 0 atom stereocenters. The van der Waals surface area contributed by atoms with Gasteiger partial charge in [0.2, 0.25) is 5.95 Å². The lowest BCUT2D eigenvalue weighted by molar-refractivity contribution is 0.0663. The first-order valence-corrected chi connectivity index (χ1v) is 7.79. The Morgan fingerprint density at radius 2 is 2.08 bits per heavy atom. The number of rotatable bonds is 5. The first-order valence-electron chi connectivity index (χ1n) is 7.79. The fraction of sp³-hybridized carbons (Fsp3) is 0.176. The smallest absolute Gasteiger partial charge is 0.278 e. The van der Waals surface area contributed by atoms with Gasteiger partial charge in [0, 0.05) is 6.20 Å². The molecule has 3 aromatic heterocycles. The van der Waals surface area contributed by atoms with E-state index in [1.54, 1.807) is 23.3 Å². The van der Waals surface area contributed by atoms with Crippen LogP contribution in [0.25, 0.3) is 17.1 Å². The normalized spacial score (nSPS) is 11.2. The summed E-state index contributed by atoms with van der Waals surface area (Å²) in [5.41, 5.74) is 2.49. The van der Waals surface area contributed by atoms with Crippen LogP contribution in [0.4, 0.5) is 0 Å². The van der Waals surface area contributed by atoms with E-state index in [0.717, 1.165) is 11.1 Å². The van der Waals surface area contributed by atoms with Crippen LogP contribution in [0.5, 0.6) is 0 Å². The molecule has 3 heterocycles. The summed E-state index contributed by atoms with van der Waals surface area (Å²) in [5.74, 6) is 0.334. The van der Waals surface area contributed by atoms with Crippen molar-refractivity contribution in [1.82, 2.24) is 29.3 Å². The van der Waals surface area contributed by atoms with Gasteiger partial charge in [-0.1, -0.05) is 30.3 Å². The zero-order valence-electron chi connectivity index (χ0n) is 13.6. The van der Waals surface area contributed by atoms with E-state index in [1.165, 1.54) is 4.68 Å². The van der Waals surface area contributed by atoms with Crippen molar-refractivity contribution in [2.45, 2.75) is 20.3 Å². The number of aromatic nitrogens is 6. The molecule has 4 aromatic rings. The quantitative estimate of drug-likeness (QED) is 0.600. The predicted octanol–water partition coefficient (Wildman–Crippen LogP) is 1.79. The minimum absolute atomic E-state index is 0.219. The van der Waals surface area contributed by atoms with E-state index >= 15 is 0 Å². The average Bonchev–Trinajstić information content (AvgIpc) is 3.23. The molecule has 0 aliphatic rings. The molecule has 8 heteroatoms. The molecule has 0 spiro atoms. The Morgan fingerprint density at radius 3 is 2.84 bits per heavy atom. The second-order valence-corrected chi connectivity index (χ2v) is 5.70. The molecule has 126 valence electrons. The summed E-state index contributed by atoms with van der Waals surface area (Å²) in [6, 6.07) is 9.84. The van der Waals surface area contributed by atoms with Gasteiger partial charge in [0.1, 0.15) is 6.73 Å². The number of H-pyrrole nitrogens is 1. The lowest BCUT2D eigenvalue weighted by atomic mass is 10.2. The maximum atomic E-state index is 12.4. The standard InChI is InChI=1S/C17H16N6O2/c1-12-7-19-23(8-12)17-20-15-14(16(24)21-17)22(10-18-15)11-25-9-13-5-3-2-4-6-13/h2-8,10H,9,11H2,1H3,(H,20,21,24). The van der Waals surface area contributed by atoms with Gasteiger partial charge in [-0.3, -0.25) is 9.78 Å². The maximum Gasteiger partial charge on any atom is 0.278 e. The number of aromatic amines is 1. The number of benzene rings is 1. The van der Waals surface area contributed by atoms with Crippen molar-refractivity contribution in [3.05, 3.63) is 70.5 Å². The van der Waals surface area contributed by atoms with E-state index in [1.807, 2.05) is 37.3 Å². The molecule has 0 aliphatic heterocycles. The summed E-state index contributed by atoms with van der Waals surface area (Å²) in [4.78, 5) is 23.7. The summed E-state index contributed by atoms with van der Waals surface area (Å²) in [6.07, 6.45) is 5.03. The Labute approximate surface area is 142 Å². The van der Waals surface area contributed by atoms with Crippen LogP contribution in [0, 0.1) is 6.92 Å². The van der Waals surface area contributed by atoms with Crippen molar-refractivity contribution in [3.8, 4) is 5.95 Å². The number of nitrogens with zero attached hydrogens (tertiary/aromatic N) is 5. The SMILES string of the molecule is Cc1cnn(-c2nc3ncn(COCc4ccccc4)c3c(=O)[nH]2)c1. The van der Waals surface area contributed by atoms with E-state index in [9.17, 15) is 4.79 Å². The van der Waals surface area contributed by atoms with Crippen molar-refractivity contribution in [1.29, 1.82) is 0 Å². The molecule has 0 radical (unpaired) electrons. The Kier molecular flexibility index (Phi) is 3.87. The highest BCUT2D eigenvalue weighted by molar-refractivity contribution is 5.69. The first kappa shape index (κ1) is 15.3. The largest absolute Gasteiger partial charge is 0.356 e. The summed E-state index contributed by atoms with van der Waals surface area (Å²) < 4.78 is 8.83. The Bertz CT molecular complexity index is 1060. The van der Waals surface area contributed by atoms with Gasteiger partial charge < -0.3 is 9.30 Å². The highest BCUT2D eigenvalue weighted by atomic mass is 16.5. The number of hydrogen-bond acceptors (Lipinski definition) is 5. The van der Waals surface area contributed by atoms with Crippen LogP contribution in [-0.2, 0) is 18.1 Å². The van der Waals surface area contributed by atoms with Crippen LogP contribution >= 0.6 is 0 Å². The van der Waals surface area contributed by atoms with Crippen LogP contribution < -0.4 is 5.56 Å². The molecule has 0 amide bonds. The second kappa shape index (κ2) is 6.33.